The van der Waals surface area contributed by atoms with Crippen molar-refractivity contribution in [2.24, 2.45) is 5.14 Å². The molecule has 0 aliphatic rings. The van der Waals surface area contributed by atoms with Crippen LogP contribution in [0.15, 0.2) is 90.0 Å². The maximum Gasteiger partial charge on any atom is 0.418 e. The largest absolute Gasteiger partial charge is 0.493 e. The van der Waals surface area contributed by atoms with E-state index in [1.165, 1.54) is 50.7 Å². The van der Waals surface area contributed by atoms with Crippen LogP contribution in [0.1, 0.15) is 22.1 Å². The maximum absolute atomic E-state index is 12.9. The Morgan fingerprint density at radius 2 is 1.70 bits per heavy atom. The van der Waals surface area contributed by atoms with E-state index in [1.807, 2.05) is 42.5 Å². The van der Waals surface area contributed by atoms with Crippen LogP contribution in [0.2, 0.25) is 5.02 Å². The molecule has 0 saturated carbocycles. The quantitative estimate of drug-likeness (QED) is 0.193. The van der Waals surface area contributed by atoms with E-state index in [9.17, 15) is 26.7 Å². The van der Waals surface area contributed by atoms with Crippen LogP contribution in [-0.2, 0) is 16.4 Å². The van der Waals surface area contributed by atoms with E-state index in [2.05, 4.69) is 11.1 Å². The summed E-state index contributed by atoms with van der Waals surface area (Å²) in [5.74, 6) is 0.791. The van der Waals surface area contributed by atoms with Gasteiger partial charge in [0.2, 0.25) is 10.0 Å². The van der Waals surface area contributed by atoms with Crippen LogP contribution >= 0.6 is 22.9 Å². The third-order valence-electron chi connectivity index (χ3n) is 6.29. The minimum absolute atomic E-state index is 0.00449. The molecule has 0 saturated heterocycles. The number of aliphatic hydroxyl groups excluding tert-OH is 1. The number of benzene rings is 3. The van der Waals surface area contributed by atoms with Crippen LogP contribution < -0.4 is 14.6 Å². The molecule has 0 fully saturated rings. The molecule has 0 amide bonds. The van der Waals surface area contributed by atoms with Gasteiger partial charge in [0, 0.05) is 38.8 Å². The number of thiophene rings is 1. The number of nitrogens with zero attached hydrogens (tertiary/aromatic N) is 1. The van der Waals surface area contributed by atoms with Gasteiger partial charge in [-0.05, 0) is 52.9 Å². The fraction of sp³-hybridized carbons (Fsp3) is 0.167. The van der Waals surface area contributed by atoms with Crippen molar-refractivity contribution in [1.82, 2.24) is 4.98 Å². The Kier molecular flexibility index (Phi) is 9.98. The molecule has 0 aliphatic carbocycles. The molecule has 0 radical (unpaired) electrons. The summed E-state index contributed by atoms with van der Waals surface area (Å²) in [5.41, 5.74) is 1.90. The highest BCUT2D eigenvalue weighted by Crippen LogP contribution is 2.38. The van der Waals surface area contributed by atoms with E-state index in [4.69, 9.17) is 26.2 Å². The number of methoxy groups -OCH3 is 2. The number of hydrogen-bond acceptors (Lipinski definition) is 7. The zero-order chi connectivity index (χ0) is 31.4. The van der Waals surface area contributed by atoms with E-state index < -0.39 is 22.3 Å². The van der Waals surface area contributed by atoms with Crippen LogP contribution in [0.4, 0.5) is 13.2 Å². The van der Waals surface area contributed by atoms with Gasteiger partial charge in [-0.3, -0.25) is 4.98 Å². The second-order valence-electron chi connectivity index (χ2n) is 9.19. The van der Waals surface area contributed by atoms with E-state index in [-0.39, 0.29) is 10.5 Å². The SMILES string of the molecule is COc1ccc(S(N)(=O)=O)cc1OC.O[C@H](c1ccnc(-c2cccc3cc(Cc4ccccc4Cl)sc23)c1)C(F)(F)F. The molecule has 1 atom stereocenters. The number of sulfonamides is 1. The monoisotopic (exact) mass is 650 g/mol. The number of fused-ring (bicyclic) bond motifs is 1. The Hall–Kier alpha value is -3.68. The second-order valence-corrected chi connectivity index (χ2v) is 12.3. The molecule has 226 valence electrons. The predicted molar refractivity (Wildman–Crippen MR) is 161 cm³/mol. The minimum atomic E-state index is -4.73. The first kappa shape index (κ1) is 32.2. The van der Waals surface area contributed by atoms with Crippen molar-refractivity contribution in [2.45, 2.75) is 23.6 Å². The van der Waals surface area contributed by atoms with E-state index in [0.29, 0.717) is 28.6 Å². The maximum atomic E-state index is 12.9. The van der Waals surface area contributed by atoms with Crippen LogP contribution in [0.5, 0.6) is 11.5 Å². The number of aliphatic hydroxyl groups is 1. The van der Waals surface area contributed by atoms with Gasteiger partial charge in [-0.15, -0.1) is 11.3 Å². The van der Waals surface area contributed by atoms with Crippen LogP contribution in [0, 0.1) is 0 Å². The highest BCUT2D eigenvalue weighted by molar-refractivity contribution is 7.89. The fourth-order valence-electron chi connectivity index (χ4n) is 4.18. The molecular formula is C30H26ClF3N2O5S2. The van der Waals surface area contributed by atoms with Crippen molar-refractivity contribution in [2.75, 3.05) is 14.2 Å². The highest BCUT2D eigenvalue weighted by Gasteiger charge is 2.39. The van der Waals surface area contributed by atoms with Gasteiger partial charge in [-0.25, -0.2) is 13.6 Å². The van der Waals surface area contributed by atoms with Crippen molar-refractivity contribution >= 4 is 43.0 Å². The molecule has 5 rings (SSSR count). The third-order valence-corrected chi connectivity index (χ3v) is 8.75. The van der Waals surface area contributed by atoms with Crippen molar-refractivity contribution in [3.63, 3.8) is 0 Å². The van der Waals surface area contributed by atoms with Gasteiger partial charge in [-0.2, -0.15) is 13.2 Å². The zero-order valence-electron chi connectivity index (χ0n) is 22.8. The van der Waals surface area contributed by atoms with Gasteiger partial charge in [0.25, 0.3) is 0 Å². The Balaban J connectivity index is 0.000000255. The molecule has 0 unspecified atom stereocenters. The molecule has 13 heteroatoms. The van der Waals surface area contributed by atoms with Gasteiger partial charge in [-0.1, -0.05) is 48.0 Å². The van der Waals surface area contributed by atoms with Crippen molar-refractivity contribution < 1.29 is 36.2 Å². The van der Waals surface area contributed by atoms with Gasteiger partial charge < -0.3 is 14.6 Å². The second kappa shape index (κ2) is 13.3. The van der Waals surface area contributed by atoms with E-state index in [0.717, 1.165) is 26.1 Å². The molecule has 3 N–H and O–H groups in total. The summed E-state index contributed by atoms with van der Waals surface area (Å²) in [6.45, 7) is 0. The first-order chi connectivity index (χ1) is 20.3. The van der Waals surface area contributed by atoms with E-state index in [1.54, 1.807) is 11.3 Å². The lowest BCUT2D eigenvalue weighted by atomic mass is 10.0. The van der Waals surface area contributed by atoms with E-state index >= 15 is 0 Å². The van der Waals surface area contributed by atoms with Gasteiger partial charge in [0.05, 0.1) is 24.8 Å². The smallest absolute Gasteiger partial charge is 0.418 e. The molecule has 0 spiro atoms. The molecule has 3 aromatic carbocycles. The zero-order valence-corrected chi connectivity index (χ0v) is 25.2. The number of rotatable bonds is 7. The topological polar surface area (TPSA) is 112 Å². The lowest BCUT2D eigenvalue weighted by Crippen LogP contribution is -2.20. The first-order valence-electron chi connectivity index (χ1n) is 12.5. The molecule has 2 aromatic heterocycles. The number of halogens is 4. The summed E-state index contributed by atoms with van der Waals surface area (Å²) in [4.78, 5) is 5.32. The van der Waals surface area contributed by atoms with Gasteiger partial charge in [0.1, 0.15) is 0 Å². The van der Waals surface area contributed by atoms with Gasteiger partial charge >= 0.3 is 6.18 Å². The van der Waals surface area contributed by atoms with Crippen LogP contribution in [0.3, 0.4) is 0 Å². The lowest BCUT2D eigenvalue weighted by Gasteiger charge is -2.15. The summed E-state index contributed by atoms with van der Waals surface area (Å²) in [5, 5.41) is 16.2. The number of nitrogens with two attached hydrogens (primary N) is 1. The molecule has 0 bridgehead atoms. The summed E-state index contributed by atoms with van der Waals surface area (Å²) in [6.07, 6.45) is -5.31. The molecule has 2 heterocycles. The third kappa shape index (κ3) is 7.84. The summed E-state index contributed by atoms with van der Waals surface area (Å²) < 4.78 is 71.4. The fourth-order valence-corrected chi connectivity index (χ4v) is 6.12. The Morgan fingerprint density at radius 3 is 2.35 bits per heavy atom. The number of pyridine rings is 1. The Bertz CT molecular complexity index is 1850. The molecular weight excluding hydrogens is 625 g/mol. The van der Waals surface area contributed by atoms with Crippen molar-refractivity contribution in [1.29, 1.82) is 0 Å². The highest BCUT2D eigenvalue weighted by atomic mass is 35.5. The summed E-state index contributed by atoms with van der Waals surface area (Å²) in [7, 11) is -0.808. The lowest BCUT2D eigenvalue weighted by molar-refractivity contribution is -0.206. The Labute approximate surface area is 255 Å². The Morgan fingerprint density at radius 1 is 0.977 bits per heavy atom. The van der Waals surface area contributed by atoms with Crippen LogP contribution in [-0.4, -0.2) is 38.9 Å². The number of hydrogen-bond donors (Lipinski definition) is 2. The molecule has 0 aliphatic heterocycles. The number of aromatic nitrogens is 1. The standard InChI is InChI=1S/C22H15ClF3NOS.C8H11NO4S/c23-18-7-2-1-4-13(18)10-16-11-14-5-3-6-17(20(14)29-16)19-12-15(8-9-27-19)21(28)22(24,25)26;1-12-7-4-3-6(14(9,10)11)5-8(7)13-2/h1-9,11-12,21,28H,10H2;3-5H,1-2H3,(H2,9,10,11)/t21-;/m1./s1. The summed E-state index contributed by atoms with van der Waals surface area (Å²) in [6, 6.07) is 21.9. The molecule has 7 nitrogen and oxygen atoms in total. The number of alkyl halides is 3. The minimum Gasteiger partial charge on any atom is -0.493 e. The first-order valence-corrected chi connectivity index (χ1v) is 15.3. The van der Waals surface area contributed by atoms with Crippen LogP contribution in [0.25, 0.3) is 21.3 Å². The average Bonchev–Trinajstić information content (AvgIpc) is 3.39. The number of primary sulfonamides is 1. The average molecular weight is 651 g/mol. The van der Waals surface area contributed by atoms with Crippen molar-refractivity contribution in [3.8, 4) is 22.8 Å². The molecule has 43 heavy (non-hydrogen) atoms. The predicted octanol–water partition coefficient (Wildman–Crippen LogP) is 7.15. The summed E-state index contributed by atoms with van der Waals surface area (Å²) >= 11 is 7.82. The van der Waals surface area contributed by atoms with Gasteiger partial charge in [0.15, 0.2) is 17.6 Å². The molecule has 5 aromatic rings. The number of ether oxygens (including phenoxy) is 2. The normalized spacial score (nSPS) is 12.4. The van der Waals surface area contributed by atoms with Crippen molar-refractivity contribution in [3.05, 3.63) is 106 Å².